The number of fused-ring (bicyclic) bond motifs is 3. The maximum absolute atomic E-state index is 6.37. The summed E-state index contributed by atoms with van der Waals surface area (Å²) >= 11 is 0. The highest BCUT2D eigenvalue weighted by Crippen LogP contribution is 2.56. The summed E-state index contributed by atoms with van der Waals surface area (Å²) in [5.74, 6) is 2.49. The van der Waals surface area contributed by atoms with Gasteiger partial charge in [0.1, 0.15) is 22.8 Å². The Morgan fingerprint density at radius 2 is 0.830 bits per heavy atom. The van der Waals surface area contributed by atoms with E-state index in [0.29, 0.717) is 0 Å². The van der Waals surface area contributed by atoms with E-state index in [-0.39, 0.29) is 11.0 Å². The molecule has 2 heteroatoms. The summed E-state index contributed by atoms with van der Waals surface area (Å²) in [7, 11) is 0. The summed E-state index contributed by atoms with van der Waals surface area (Å²) in [5.41, 5.74) is 10.6. The molecule has 0 aliphatic heterocycles. The molecule has 7 rings (SSSR count). The summed E-state index contributed by atoms with van der Waals surface area (Å²) in [4.78, 5) is 0. The lowest BCUT2D eigenvalue weighted by atomic mass is 9.68. The van der Waals surface area contributed by atoms with Gasteiger partial charge in [-0.05, 0) is 113 Å². The topological polar surface area (TPSA) is 18.5 Å². The lowest BCUT2D eigenvalue weighted by molar-refractivity contribution is 0.131. The molecule has 0 spiro atoms. The van der Waals surface area contributed by atoms with Gasteiger partial charge < -0.3 is 9.47 Å². The zero-order valence-electron chi connectivity index (χ0n) is 28.2. The molecular formula is C45H42O2. The van der Waals surface area contributed by atoms with Crippen LogP contribution in [0.15, 0.2) is 146 Å². The van der Waals surface area contributed by atoms with Gasteiger partial charge in [0.05, 0.1) is 5.41 Å². The van der Waals surface area contributed by atoms with Gasteiger partial charge in [-0.2, -0.15) is 0 Å². The summed E-state index contributed by atoms with van der Waals surface area (Å²) < 4.78 is 12.6. The maximum Gasteiger partial charge on any atom is 0.127 e. The van der Waals surface area contributed by atoms with Crippen molar-refractivity contribution >= 4 is 0 Å². The molecule has 47 heavy (non-hydrogen) atoms. The van der Waals surface area contributed by atoms with Crippen LogP contribution in [-0.4, -0.2) is 5.60 Å². The normalized spacial score (nSPS) is 13.5. The summed E-state index contributed by atoms with van der Waals surface area (Å²) in [6, 6.07) is 52.1. The second-order valence-corrected chi connectivity index (χ2v) is 14.6. The van der Waals surface area contributed by atoms with Crippen LogP contribution in [0.3, 0.4) is 0 Å². The Hall–Kier alpha value is -5.08. The first-order valence-corrected chi connectivity index (χ1v) is 16.5. The molecule has 0 unspecified atom stereocenters. The molecule has 0 amide bonds. The van der Waals surface area contributed by atoms with E-state index in [2.05, 4.69) is 175 Å². The predicted octanol–water partition coefficient (Wildman–Crippen LogP) is 12.0. The molecule has 0 saturated carbocycles. The van der Waals surface area contributed by atoms with Gasteiger partial charge in [-0.25, -0.2) is 0 Å². The van der Waals surface area contributed by atoms with Gasteiger partial charge in [-0.1, -0.05) is 130 Å². The third kappa shape index (κ3) is 5.74. The molecule has 6 aromatic carbocycles. The number of benzene rings is 6. The Morgan fingerprint density at radius 3 is 1.28 bits per heavy atom. The summed E-state index contributed by atoms with van der Waals surface area (Å²) in [6.45, 7) is 13.0. The van der Waals surface area contributed by atoms with Crippen molar-refractivity contribution in [3.05, 3.63) is 173 Å². The van der Waals surface area contributed by atoms with Gasteiger partial charge in [0, 0.05) is 0 Å². The van der Waals surface area contributed by atoms with E-state index in [0.717, 1.165) is 17.2 Å². The molecule has 0 bridgehead atoms. The molecule has 0 aromatic heterocycles. The fourth-order valence-corrected chi connectivity index (χ4v) is 6.94. The number of rotatable bonds is 6. The lowest BCUT2D eigenvalue weighted by Crippen LogP contribution is -2.28. The standard InChI is InChI=1S/C45H42O2/c1-43(2,3)33-19-15-31(16-20-33)32-17-25-36(26-18-32)46-37-27-21-34(22-28-37)45(35-23-29-38(30-24-35)47-44(4,5)6)41-13-9-7-11-39(41)40-12-8-10-14-42(40)45/h7-30H,1-6H3. The molecule has 0 heterocycles. The molecule has 1 aliphatic carbocycles. The van der Waals surface area contributed by atoms with Crippen molar-refractivity contribution in [1.82, 2.24) is 0 Å². The zero-order valence-corrected chi connectivity index (χ0v) is 28.2. The summed E-state index contributed by atoms with van der Waals surface area (Å²) in [6.07, 6.45) is 0. The average molecular weight is 615 g/mol. The van der Waals surface area contributed by atoms with Crippen molar-refractivity contribution in [3.8, 4) is 39.5 Å². The van der Waals surface area contributed by atoms with E-state index in [1.54, 1.807) is 0 Å². The number of ether oxygens (including phenoxy) is 2. The molecule has 0 atom stereocenters. The van der Waals surface area contributed by atoms with Crippen LogP contribution in [0, 0.1) is 0 Å². The summed E-state index contributed by atoms with van der Waals surface area (Å²) in [5, 5.41) is 0. The Bertz CT molecular complexity index is 1960. The van der Waals surface area contributed by atoms with Crippen LogP contribution in [0.4, 0.5) is 0 Å². The number of hydrogen-bond acceptors (Lipinski definition) is 2. The highest BCUT2D eigenvalue weighted by Gasteiger charge is 2.45. The van der Waals surface area contributed by atoms with Crippen molar-refractivity contribution in [2.75, 3.05) is 0 Å². The Balaban J connectivity index is 1.22. The van der Waals surface area contributed by atoms with Crippen molar-refractivity contribution in [1.29, 1.82) is 0 Å². The largest absolute Gasteiger partial charge is 0.488 e. The quantitative estimate of drug-likeness (QED) is 0.185. The van der Waals surface area contributed by atoms with Crippen molar-refractivity contribution in [3.63, 3.8) is 0 Å². The van der Waals surface area contributed by atoms with Gasteiger partial charge in [0.2, 0.25) is 0 Å². The lowest BCUT2D eigenvalue weighted by Gasteiger charge is -2.34. The van der Waals surface area contributed by atoms with Crippen LogP contribution in [0.2, 0.25) is 0 Å². The van der Waals surface area contributed by atoms with E-state index in [1.165, 1.54) is 50.1 Å². The highest BCUT2D eigenvalue weighted by molar-refractivity contribution is 5.86. The first kappa shape index (κ1) is 30.6. The predicted molar refractivity (Wildman–Crippen MR) is 195 cm³/mol. The molecule has 6 aromatic rings. The molecule has 2 nitrogen and oxygen atoms in total. The van der Waals surface area contributed by atoms with E-state index >= 15 is 0 Å². The van der Waals surface area contributed by atoms with Crippen LogP contribution >= 0.6 is 0 Å². The highest BCUT2D eigenvalue weighted by atomic mass is 16.5. The Morgan fingerprint density at radius 1 is 0.426 bits per heavy atom. The molecule has 0 N–H and O–H groups in total. The van der Waals surface area contributed by atoms with Gasteiger partial charge in [-0.3, -0.25) is 0 Å². The molecule has 234 valence electrons. The van der Waals surface area contributed by atoms with E-state index in [1.807, 2.05) is 12.1 Å². The fourth-order valence-electron chi connectivity index (χ4n) is 6.94. The van der Waals surface area contributed by atoms with Crippen LogP contribution in [0.5, 0.6) is 17.2 Å². The second kappa shape index (κ2) is 11.6. The van der Waals surface area contributed by atoms with Crippen molar-refractivity contribution in [2.45, 2.75) is 58.0 Å². The van der Waals surface area contributed by atoms with Gasteiger partial charge in [0.25, 0.3) is 0 Å². The Kier molecular flexibility index (Phi) is 7.56. The SMILES string of the molecule is CC(C)(C)Oc1ccc(C2(c3ccc(Oc4ccc(-c5ccc(C(C)(C)C)cc5)cc4)cc3)c3ccccc3-c3ccccc32)cc1. The second-order valence-electron chi connectivity index (χ2n) is 14.6. The zero-order chi connectivity index (χ0) is 32.8. The van der Waals surface area contributed by atoms with Gasteiger partial charge >= 0.3 is 0 Å². The van der Waals surface area contributed by atoms with Crippen LogP contribution in [-0.2, 0) is 10.8 Å². The average Bonchev–Trinajstić information content (AvgIpc) is 3.36. The molecular weight excluding hydrogens is 572 g/mol. The smallest absolute Gasteiger partial charge is 0.127 e. The van der Waals surface area contributed by atoms with Gasteiger partial charge in [0.15, 0.2) is 0 Å². The van der Waals surface area contributed by atoms with E-state index in [9.17, 15) is 0 Å². The van der Waals surface area contributed by atoms with E-state index in [4.69, 9.17) is 9.47 Å². The van der Waals surface area contributed by atoms with Gasteiger partial charge in [-0.15, -0.1) is 0 Å². The molecule has 1 aliphatic rings. The first-order valence-electron chi connectivity index (χ1n) is 16.5. The fraction of sp³-hybridized carbons (Fsp3) is 0.200. The number of hydrogen-bond donors (Lipinski definition) is 0. The van der Waals surface area contributed by atoms with Crippen molar-refractivity contribution < 1.29 is 9.47 Å². The van der Waals surface area contributed by atoms with Crippen LogP contribution in [0.1, 0.15) is 69.4 Å². The first-order chi connectivity index (χ1) is 22.5. The molecule has 0 radical (unpaired) electrons. The van der Waals surface area contributed by atoms with Crippen LogP contribution < -0.4 is 9.47 Å². The van der Waals surface area contributed by atoms with Crippen LogP contribution in [0.25, 0.3) is 22.3 Å². The Labute approximate surface area is 279 Å². The third-order valence-electron chi connectivity index (χ3n) is 9.13. The third-order valence-corrected chi connectivity index (χ3v) is 9.13. The minimum Gasteiger partial charge on any atom is -0.488 e. The minimum absolute atomic E-state index is 0.141. The monoisotopic (exact) mass is 614 g/mol. The molecule has 0 saturated heterocycles. The maximum atomic E-state index is 6.37. The minimum atomic E-state index is -0.476. The van der Waals surface area contributed by atoms with Crippen molar-refractivity contribution in [2.24, 2.45) is 0 Å². The molecule has 0 fully saturated rings. The van der Waals surface area contributed by atoms with E-state index < -0.39 is 5.41 Å².